The first-order chi connectivity index (χ1) is 12.1. The summed E-state index contributed by atoms with van der Waals surface area (Å²) in [6.45, 7) is 4.81. The van der Waals surface area contributed by atoms with Crippen molar-refractivity contribution in [2.75, 3.05) is 26.8 Å². The lowest BCUT2D eigenvalue weighted by Gasteiger charge is -2.27. The van der Waals surface area contributed by atoms with Crippen molar-refractivity contribution in [1.82, 2.24) is 14.5 Å². The second kappa shape index (κ2) is 7.57. The van der Waals surface area contributed by atoms with Crippen LogP contribution < -0.4 is 20.7 Å². The number of aryl methyl sites for hydroxylation is 1. The predicted molar refractivity (Wildman–Crippen MR) is 94.4 cm³/mol. The van der Waals surface area contributed by atoms with E-state index in [1.165, 1.54) is 10.6 Å². The number of ether oxygens (including phenoxy) is 2. The first kappa shape index (κ1) is 17.3. The molecule has 1 aromatic carbocycles. The van der Waals surface area contributed by atoms with Gasteiger partial charge in [-0.3, -0.25) is 14.3 Å². The van der Waals surface area contributed by atoms with Gasteiger partial charge in [-0.05, 0) is 19.4 Å². The van der Waals surface area contributed by atoms with Gasteiger partial charge in [0.1, 0.15) is 0 Å². The zero-order valence-electron chi connectivity index (χ0n) is 14.6. The van der Waals surface area contributed by atoms with Crippen LogP contribution >= 0.6 is 0 Å². The Morgan fingerprint density at radius 2 is 2.12 bits per heavy atom. The van der Waals surface area contributed by atoms with E-state index in [2.05, 4.69) is 9.88 Å². The lowest BCUT2D eigenvalue weighted by Crippen LogP contribution is -2.39. The molecule has 0 radical (unpaired) electrons. The number of nitrogens with one attached hydrogen (secondary N) is 1. The maximum Gasteiger partial charge on any atom is 0.328 e. The molecular weight excluding hydrogens is 322 g/mol. The van der Waals surface area contributed by atoms with Gasteiger partial charge in [-0.15, -0.1) is 0 Å². The number of hydrogen-bond acceptors (Lipinski definition) is 5. The van der Waals surface area contributed by atoms with E-state index >= 15 is 0 Å². The number of para-hydroxylation sites is 1. The summed E-state index contributed by atoms with van der Waals surface area (Å²) >= 11 is 0. The number of hydrogen-bond donors (Lipinski definition) is 1. The van der Waals surface area contributed by atoms with Gasteiger partial charge < -0.3 is 14.5 Å². The van der Waals surface area contributed by atoms with Gasteiger partial charge in [0.15, 0.2) is 11.5 Å². The minimum atomic E-state index is -0.359. The molecule has 1 aliphatic rings. The fraction of sp³-hybridized carbons (Fsp3) is 0.444. The summed E-state index contributed by atoms with van der Waals surface area (Å²) in [6.07, 6.45) is 0.872. The van der Waals surface area contributed by atoms with E-state index in [1.54, 1.807) is 14.0 Å². The van der Waals surface area contributed by atoms with Gasteiger partial charge in [-0.2, -0.15) is 0 Å². The summed E-state index contributed by atoms with van der Waals surface area (Å²) < 4.78 is 12.5. The molecule has 1 aliphatic heterocycles. The first-order valence-electron chi connectivity index (χ1n) is 8.40. The van der Waals surface area contributed by atoms with Gasteiger partial charge in [0.2, 0.25) is 0 Å². The van der Waals surface area contributed by atoms with Crippen LogP contribution in [-0.4, -0.2) is 41.3 Å². The average molecular weight is 345 g/mol. The van der Waals surface area contributed by atoms with E-state index in [0.717, 1.165) is 30.0 Å². The highest BCUT2D eigenvalue weighted by Gasteiger charge is 2.17. The number of nitrogens with zero attached hydrogens (tertiary/aromatic N) is 2. The molecule has 3 rings (SSSR count). The molecule has 0 fully saturated rings. The van der Waals surface area contributed by atoms with Crippen LogP contribution in [-0.2, 0) is 13.1 Å². The zero-order chi connectivity index (χ0) is 17.8. The van der Waals surface area contributed by atoms with Crippen molar-refractivity contribution in [3.63, 3.8) is 0 Å². The number of aromatic nitrogens is 2. The van der Waals surface area contributed by atoms with E-state index in [1.807, 2.05) is 18.2 Å². The fourth-order valence-electron chi connectivity index (χ4n) is 3.07. The molecule has 0 aliphatic carbocycles. The molecule has 0 saturated heterocycles. The minimum Gasteiger partial charge on any atom is -0.493 e. The van der Waals surface area contributed by atoms with Crippen LogP contribution in [0.15, 0.2) is 33.9 Å². The first-order valence-corrected chi connectivity index (χ1v) is 8.40. The van der Waals surface area contributed by atoms with Crippen molar-refractivity contribution in [1.29, 1.82) is 0 Å². The lowest BCUT2D eigenvalue weighted by molar-refractivity contribution is 0.195. The molecule has 134 valence electrons. The molecule has 0 spiro atoms. The average Bonchev–Trinajstić information content (AvgIpc) is 2.55. The molecule has 0 unspecified atom stereocenters. The Kier molecular flexibility index (Phi) is 5.23. The summed E-state index contributed by atoms with van der Waals surface area (Å²) in [5.41, 5.74) is 1.00. The molecule has 7 heteroatoms. The molecule has 2 heterocycles. The molecular formula is C18H23N3O4. The van der Waals surface area contributed by atoms with E-state index in [9.17, 15) is 9.59 Å². The third-order valence-electron chi connectivity index (χ3n) is 4.33. The zero-order valence-corrected chi connectivity index (χ0v) is 14.6. The van der Waals surface area contributed by atoms with Gasteiger partial charge in [-0.25, -0.2) is 4.79 Å². The molecule has 0 amide bonds. The second-order valence-electron chi connectivity index (χ2n) is 6.17. The number of H-pyrrole nitrogens is 1. The van der Waals surface area contributed by atoms with Crippen molar-refractivity contribution < 1.29 is 9.47 Å². The molecule has 2 aromatic rings. The van der Waals surface area contributed by atoms with Crippen molar-refractivity contribution >= 4 is 0 Å². The fourth-order valence-corrected chi connectivity index (χ4v) is 3.07. The SMILES string of the molecule is COc1cccc2c1OCCCN(CCn1c(=O)cc(C)[nH]c1=O)C2. The van der Waals surface area contributed by atoms with E-state index < -0.39 is 0 Å². The van der Waals surface area contributed by atoms with Gasteiger partial charge >= 0.3 is 5.69 Å². The number of fused-ring (bicyclic) bond motifs is 1. The molecule has 7 nitrogen and oxygen atoms in total. The van der Waals surface area contributed by atoms with Crippen LogP contribution in [0.4, 0.5) is 0 Å². The molecule has 1 aromatic heterocycles. The summed E-state index contributed by atoms with van der Waals surface area (Å²) in [7, 11) is 1.63. The summed E-state index contributed by atoms with van der Waals surface area (Å²) in [4.78, 5) is 28.9. The van der Waals surface area contributed by atoms with Gasteiger partial charge in [0, 0.05) is 43.5 Å². The quantitative estimate of drug-likeness (QED) is 0.899. The molecule has 0 atom stereocenters. The lowest BCUT2D eigenvalue weighted by atomic mass is 10.1. The standard InChI is InChI=1S/C18H23N3O4/c1-13-11-16(22)21(18(23)19-13)9-8-20-7-4-10-25-17-14(12-20)5-3-6-15(17)24-2/h3,5-6,11H,4,7-10,12H2,1-2H3,(H,19,23). The Morgan fingerprint density at radius 3 is 2.88 bits per heavy atom. The number of rotatable bonds is 4. The molecule has 0 bridgehead atoms. The highest BCUT2D eigenvalue weighted by molar-refractivity contribution is 5.46. The van der Waals surface area contributed by atoms with Crippen LogP contribution in [0.1, 0.15) is 17.7 Å². The summed E-state index contributed by atoms with van der Waals surface area (Å²) in [6, 6.07) is 7.29. The maximum absolute atomic E-state index is 12.0. The van der Waals surface area contributed by atoms with Crippen molar-refractivity contribution in [3.05, 3.63) is 56.4 Å². The second-order valence-corrected chi connectivity index (χ2v) is 6.17. The highest BCUT2D eigenvalue weighted by atomic mass is 16.5. The Balaban J connectivity index is 1.77. The van der Waals surface area contributed by atoms with Crippen molar-refractivity contribution in [2.45, 2.75) is 26.4 Å². The van der Waals surface area contributed by atoms with Crippen molar-refractivity contribution in [2.24, 2.45) is 0 Å². The van der Waals surface area contributed by atoms with Crippen LogP contribution in [0.2, 0.25) is 0 Å². The number of benzene rings is 1. The number of aromatic amines is 1. The topological polar surface area (TPSA) is 76.6 Å². The largest absolute Gasteiger partial charge is 0.493 e. The summed E-state index contributed by atoms with van der Waals surface area (Å²) in [5.74, 6) is 1.51. The van der Waals surface area contributed by atoms with Gasteiger partial charge in [0.25, 0.3) is 5.56 Å². The molecule has 1 N–H and O–H groups in total. The van der Waals surface area contributed by atoms with Crippen LogP contribution in [0.25, 0.3) is 0 Å². The summed E-state index contributed by atoms with van der Waals surface area (Å²) in [5, 5.41) is 0. The monoisotopic (exact) mass is 345 g/mol. The maximum atomic E-state index is 12.0. The highest BCUT2D eigenvalue weighted by Crippen LogP contribution is 2.33. The van der Waals surface area contributed by atoms with Crippen molar-refractivity contribution in [3.8, 4) is 11.5 Å². The van der Waals surface area contributed by atoms with E-state index in [0.29, 0.717) is 31.9 Å². The molecule has 25 heavy (non-hydrogen) atoms. The smallest absolute Gasteiger partial charge is 0.328 e. The van der Waals surface area contributed by atoms with E-state index in [-0.39, 0.29) is 11.2 Å². The Hall–Kier alpha value is -2.54. The Morgan fingerprint density at radius 1 is 1.28 bits per heavy atom. The van der Waals surface area contributed by atoms with Gasteiger partial charge in [0.05, 0.1) is 13.7 Å². The Bertz CT molecular complexity index is 825. The Labute approximate surface area is 145 Å². The van der Waals surface area contributed by atoms with Crippen LogP contribution in [0, 0.1) is 6.92 Å². The third kappa shape index (κ3) is 3.93. The minimum absolute atomic E-state index is 0.265. The normalized spacial score (nSPS) is 15.0. The van der Waals surface area contributed by atoms with Gasteiger partial charge in [-0.1, -0.05) is 12.1 Å². The van der Waals surface area contributed by atoms with Crippen LogP contribution in [0.5, 0.6) is 11.5 Å². The number of methoxy groups -OCH3 is 1. The molecule has 0 saturated carbocycles. The predicted octanol–water partition coefficient (Wildman–Crippen LogP) is 1.14. The third-order valence-corrected chi connectivity index (χ3v) is 4.33. The van der Waals surface area contributed by atoms with E-state index in [4.69, 9.17) is 9.47 Å². The van der Waals surface area contributed by atoms with Crippen LogP contribution in [0.3, 0.4) is 0 Å².